The van der Waals surface area contributed by atoms with Crippen LogP contribution in [0.2, 0.25) is 0 Å². The number of aliphatic hydroxyl groups excluding tert-OH is 1. The lowest BCUT2D eigenvalue weighted by Gasteiger charge is -2.36. The number of urea groups is 1. The number of carboxylic acids is 3. The molecule has 3 fully saturated rings. The third-order valence-corrected chi connectivity index (χ3v) is 11.9. The van der Waals surface area contributed by atoms with E-state index in [0.29, 0.717) is 37.5 Å². The first-order valence-corrected chi connectivity index (χ1v) is 21.3. The number of amides is 4. The molecule has 1 saturated carbocycles. The summed E-state index contributed by atoms with van der Waals surface area (Å²) < 4.78 is 11.6. The largest absolute Gasteiger partial charge is 0.481 e. The molecule has 0 spiro atoms. The lowest BCUT2D eigenvalue weighted by atomic mass is 9.82. The van der Waals surface area contributed by atoms with Crippen LogP contribution in [0, 0.1) is 5.92 Å². The Labute approximate surface area is 361 Å². The molecule has 2 aliphatic heterocycles. The quantitative estimate of drug-likeness (QED) is 0.101. The van der Waals surface area contributed by atoms with E-state index in [9.17, 15) is 33.9 Å². The zero-order chi connectivity index (χ0) is 45.5. The normalized spacial score (nSPS) is 19.8. The number of rotatable bonds is 19. The maximum atomic E-state index is 14.4. The molecule has 1 aromatic heterocycles. The number of hydrogen-bond donors (Lipinski definition) is 8. The van der Waals surface area contributed by atoms with E-state index in [0.717, 1.165) is 50.5 Å². The standard InChI is InChI=1S/C37H56N6O6.C6H8O7/c1-37(2)33(48-25-49-37)22-32(44)29(19-26-13-7-4-8-14-26)40-34(45)31(21-28-23-38-24-39-28)42(3)35(46)30(20-27-15-9-5-10-16-27)41-36(47)43-17-11-6-12-18-43;7-3(8)1-6(13,5(11)12)2-4(9)10/h5,9-10,15-16,23-24,26,29-33,44H,4,6-8,11-14,17-22,25H2,1-3H3,(H,38,39)(H,40,45)(H,41,47);13H,1-2H2,(H,7,8)(H,9,10)(H,11,12)/t29-,30-,31-,32-,33-;/m0./s1. The van der Waals surface area contributed by atoms with Crippen LogP contribution in [0.3, 0.4) is 0 Å². The smallest absolute Gasteiger partial charge is 0.336 e. The molecule has 5 rings (SSSR count). The van der Waals surface area contributed by atoms with Gasteiger partial charge in [-0.15, -0.1) is 0 Å². The van der Waals surface area contributed by atoms with E-state index in [-0.39, 0.29) is 43.6 Å². The molecule has 0 radical (unpaired) electrons. The highest BCUT2D eigenvalue weighted by Gasteiger charge is 2.42. The molecule has 344 valence electrons. The zero-order valence-electron chi connectivity index (χ0n) is 35.9. The van der Waals surface area contributed by atoms with Gasteiger partial charge in [-0.25, -0.2) is 14.6 Å². The fourth-order valence-corrected chi connectivity index (χ4v) is 8.18. The van der Waals surface area contributed by atoms with Gasteiger partial charge in [-0.3, -0.25) is 19.2 Å². The topological polar surface area (TPSA) is 281 Å². The van der Waals surface area contributed by atoms with Gasteiger partial charge in [-0.05, 0) is 51.0 Å². The number of piperidine rings is 1. The summed E-state index contributed by atoms with van der Waals surface area (Å²) in [6.07, 6.45) is 9.67. The van der Waals surface area contributed by atoms with Crippen LogP contribution >= 0.6 is 0 Å². The van der Waals surface area contributed by atoms with Gasteiger partial charge in [0.25, 0.3) is 0 Å². The zero-order valence-corrected chi connectivity index (χ0v) is 35.9. The second-order valence-electron chi connectivity index (χ2n) is 17.1. The van der Waals surface area contributed by atoms with Gasteiger partial charge in [-0.1, -0.05) is 62.4 Å². The molecule has 3 heterocycles. The Bertz CT molecular complexity index is 1750. The van der Waals surface area contributed by atoms with Crippen molar-refractivity contribution in [2.45, 2.75) is 145 Å². The molecule has 3 aliphatic rings. The minimum Gasteiger partial charge on any atom is -0.481 e. The van der Waals surface area contributed by atoms with Crippen molar-refractivity contribution in [3.63, 3.8) is 0 Å². The average Bonchev–Trinajstić information content (AvgIpc) is 3.87. The number of benzene rings is 1. The Balaban J connectivity index is 0.000000562. The summed E-state index contributed by atoms with van der Waals surface area (Å²) in [7, 11) is 1.62. The first-order chi connectivity index (χ1) is 29.4. The highest BCUT2D eigenvalue weighted by atomic mass is 16.7. The number of aliphatic carboxylic acids is 3. The summed E-state index contributed by atoms with van der Waals surface area (Å²) in [6.45, 7) is 5.37. The van der Waals surface area contributed by atoms with Crippen molar-refractivity contribution in [2.24, 2.45) is 5.92 Å². The minimum absolute atomic E-state index is 0.168. The number of imidazole rings is 1. The van der Waals surface area contributed by atoms with Crippen molar-refractivity contribution in [3.05, 3.63) is 54.1 Å². The van der Waals surface area contributed by atoms with Crippen molar-refractivity contribution in [3.8, 4) is 0 Å². The van der Waals surface area contributed by atoms with Gasteiger partial charge in [0.1, 0.15) is 18.9 Å². The fraction of sp³-hybridized carbons (Fsp3) is 0.651. The first-order valence-electron chi connectivity index (χ1n) is 21.3. The van der Waals surface area contributed by atoms with Crippen LogP contribution in [0.15, 0.2) is 42.9 Å². The predicted octanol–water partition coefficient (Wildman–Crippen LogP) is 2.70. The third-order valence-electron chi connectivity index (χ3n) is 11.9. The van der Waals surface area contributed by atoms with E-state index in [4.69, 9.17) is 29.9 Å². The number of carboxylic acid groups (broad SMARTS) is 3. The number of aromatic amines is 1. The molecule has 2 saturated heterocycles. The second-order valence-corrected chi connectivity index (χ2v) is 17.1. The number of likely N-dealkylation sites (tertiary alicyclic amines) is 1. The van der Waals surface area contributed by atoms with Gasteiger partial charge in [-0.2, -0.15) is 0 Å². The number of carbonyl (C=O) groups excluding carboxylic acids is 3. The number of aliphatic hydroxyl groups is 2. The van der Waals surface area contributed by atoms with E-state index < -0.39 is 66.2 Å². The summed E-state index contributed by atoms with van der Waals surface area (Å²) in [5.74, 6) is -5.37. The summed E-state index contributed by atoms with van der Waals surface area (Å²) in [5, 5.41) is 51.6. The fourth-order valence-electron chi connectivity index (χ4n) is 8.18. The van der Waals surface area contributed by atoms with Crippen LogP contribution in [0.4, 0.5) is 4.79 Å². The highest BCUT2D eigenvalue weighted by Crippen LogP contribution is 2.32. The Hall–Kier alpha value is -5.11. The number of carbonyl (C=O) groups is 6. The summed E-state index contributed by atoms with van der Waals surface area (Å²) in [5.41, 5.74) is -1.70. The Kier molecular flexibility index (Phi) is 18.7. The van der Waals surface area contributed by atoms with Gasteiger partial charge < -0.3 is 60.4 Å². The van der Waals surface area contributed by atoms with Crippen LogP contribution in [0.25, 0.3) is 0 Å². The minimum atomic E-state index is -2.74. The molecule has 19 heteroatoms. The monoisotopic (exact) mass is 872 g/mol. The number of ether oxygens (including phenoxy) is 2. The van der Waals surface area contributed by atoms with E-state index in [2.05, 4.69) is 20.6 Å². The number of H-pyrrole nitrogens is 1. The van der Waals surface area contributed by atoms with Crippen molar-refractivity contribution in [2.75, 3.05) is 26.9 Å². The molecule has 0 unspecified atom stereocenters. The van der Waals surface area contributed by atoms with Crippen LogP contribution in [-0.4, -0.2) is 150 Å². The maximum Gasteiger partial charge on any atom is 0.336 e. The molecule has 19 nitrogen and oxygen atoms in total. The highest BCUT2D eigenvalue weighted by molar-refractivity contribution is 5.92. The molecule has 1 aromatic carbocycles. The number of hydrogen-bond acceptors (Lipinski definition) is 11. The lowest BCUT2D eigenvalue weighted by molar-refractivity contribution is -0.170. The SMILES string of the molecule is CN(C(=O)[C@H](Cc1ccccc1)NC(=O)N1CCCCC1)[C@@H](Cc1cnc[nH]1)C(=O)N[C@@H](CC1CCCCC1)[C@@H](O)C[C@@H]1OCOC1(C)C.O=C(O)CC(O)(CC(=O)O)C(=O)O. The Morgan fingerprint density at radius 2 is 1.55 bits per heavy atom. The van der Waals surface area contributed by atoms with Crippen molar-refractivity contribution in [1.82, 2.24) is 30.4 Å². The van der Waals surface area contributed by atoms with Gasteiger partial charge in [0, 0.05) is 51.3 Å². The summed E-state index contributed by atoms with van der Waals surface area (Å²) in [4.78, 5) is 83.1. The van der Waals surface area contributed by atoms with Gasteiger partial charge in [0.15, 0.2) is 5.60 Å². The van der Waals surface area contributed by atoms with Gasteiger partial charge in [0.05, 0.1) is 43.0 Å². The van der Waals surface area contributed by atoms with Crippen LogP contribution < -0.4 is 10.6 Å². The van der Waals surface area contributed by atoms with Crippen molar-refractivity contribution < 1.29 is 63.8 Å². The van der Waals surface area contributed by atoms with Crippen LogP contribution in [-0.2, 0) is 46.3 Å². The number of nitrogens with one attached hydrogen (secondary N) is 3. The van der Waals surface area contributed by atoms with Gasteiger partial charge >= 0.3 is 23.9 Å². The van der Waals surface area contributed by atoms with E-state index in [1.165, 1.54) is 11.3 Å². The van der Waals surface area contributed by atoms with Gasteiger partial charge in [0.2, 0.25) is 11.8 Å². The Morgan fingerprint density at radius 3 is 2.10 bits per heavy atom. The molecular weight excluding hydrogens is 809 g/mol. The maximum absolute atomic E-state index is 14.4. The van der Waals surface area contributed by atoms with Crippen LogP contribution in [0.1, 0.15) is 102 Å². The lowest BCUT2D eigenvalue weighted by Crippen LogP contribution is -2.59. The third kappa shape index (κ3) is 15.1. The van der Waals surface area contributed by atoms with Crippen molar-refractivity contribution in [1.29, 1.82) is 0 Å². The molecule has 1 aliphatic carbocycles. The predicted molar refractivity (Wildman–Crippen MR) is 222 cm³/mol. The van der Waals surface area contributed by atoms with Crippen LogP contribution in [0.5, 0.6) is 0 Å². The molecule has 62 heavy (non-hydrogen) atoms. The van der Waals surface area contributed by atoms with E-state index in [1.54, 1.807) is 24.5 Å². The van der Waals surface area contributed by atoms with Crippen molar-refractivity contribution >= 4 is 35.8 Å². The molecule has 5 atom stereocenters. The number of nitrogens with zero attached hydrogens (tertiary/aromatic N) is 3. The second kappa shape index (κ2) is 23.4. The van der Waals surface area contributed by atoms with E-state index >= 15 is 0 Å². The average molecular weight is 873 g/mol. The molecule has 2 aromatic rings. The summed E-state index contributed by atoms with van der Waals surface area (Å²) >= 11 is 0. The number of likely N-dealkylation sites (N-methyl/N-ethyl adjacent to an activating group) is 1. The molecular formula is C43H64N6O13. The summed E-state index contributed by atoms with van der Waals surface area (Å²) in [6, 6.07) is 6.96. The van der Waals surface area contributed by atoms with E-state index in [1.807, 2.05) is 44.2 Å². The molecule has 4 amide bonds. The Morgan fingerprint density at radius 1 is 0.919 bits per heavy atom. The molecule has 0 bridgehead atoms. The first kappa shape index (κ1) is 49.5. The number of aromatic nitrogens is 2. The molecule has 8 N–H and O–H groups in total.